The smallest absolute Gasteiger partial charge is 0.355 e. The largest absolute Gasteiger partial charge is 0.451 e. The highest BCUT2D eigenvalue weighted by Crippen LogP contribution is 2.52. The Labute approximate surface area is 141 Å². The van der Waals surface area contributed by atoms with Gasteiger partial charge in [0.1, 0.15) is 5.71 Å². The van der Waals surface area contributed by atoms with Crippen LogP contribution in [0.15, 0.2) is 5.10 Å². The maximum absolute atomic E-state index is 12.5. The Balaban J connectivity index is 1.56. The molecule has 0 aromatic carbocycles. The lowest BCUT2D eigenvalue weighted by Crippen LogP contribution is -2.40. The molecule has 3 aliphatic rings. The first-order valence-corrected chi connectivity index (χ1v) is 8.50. The van der Waals surface area contributed by atoms with Crippen molar-refractivity contribution >= 4 is 23.5 Å². The second-order valence-corrected chi connectivity index (χ2v) is 8.40. The molecule has 1 aliphatic carbocycles. The fourth-order valence-electron chi connectivity index (χ4n) is 4.67. The van der Waals surface area contributed by atoms with Gasteiger partial charge in [-0.1, -0.05) is 20.8 Å². The second-order valence-electron chi connectivity index (χ2n) is 8.40. The summed E-state index contributed by atoms with van der Waals surface area (Å²) in [4.78, 5) is 37.4. The molecule has 0 unspecified atom stereocenters. The minimum atomic E-state index is -0.628. The predicted molar refractivity (Wildman–Crippen MR) is 87.0 cm³/mol. The van der Waals surface area contributed by atoms with E-state index in [1.807, 2.05) is 4.90 Å². The lowest BCUT2D eigenvalue weighted by atomic mass is 9.65. The summed E-state index contributed by atoms with van der Waals surface area (Å²) in [6, 6.07) is 0.233. The van der Waals surface area contributed by atoms with Crippen molar-refractivity contribution in [1.82, 2.24) is 10.3 Å². The van der Waals surface area contributed by atoms with Crippen molar-refractivity contribution in [2.45, 2.75) is 58.9 Å². The van der Waals surface area contributed by atoms with Crippen LogP contribution >= 0.6 is 0 Å². The van der Waals surface area contributed by atoms with Crippen LogP contribution in [0.4, 0.5) is 0 Å². The van der Waals surface area contributed by atoms with E-state index in [1.165, 1.54) is 0 Å². The van der Waals surface area contributed by atoms with Crippen LogP contribution in [0.25, 0.3) is 0 Å². The summed E-state index contributed by atoms with van der Waals surface area (Å²) in [6.07, 6.45) is 3.58. The molecule has 0 radical (unpaired) electrons. The van der Waals surface area contributed by atoms with Gasteiger partial charge in [-0.2, -0.15) is 5.10 Å². The Kier molecular flexibility index (Phi) is 4.13. The van der Waals surface area contributed by atoms with Gasteiger partial charge in [0.05, 0.1) is 0 Å². The minimum Gasteiger partial charge on any atom is -0.451 e. The molecule has 132 valence electrons. The maximum Gasteiger partial charge on any atom is 0.355 e. The third-order valence-electron chi connectivity index (χ3n) is 5.20. The number of carbonyl (C=O) groups is 3. The summed E-state index contributed by atoms with van der Waals surface area (Å²) in [5.74, 6) is -0.991. The summed E-state index contributed by atoms with van der Waals surface area (Å²) in [5.41, 5.74) is 2.81. The number of nitrogens with zero attached hydrogens (tertiary/aromatic N) is 2. The summed E-state index contributed by atoms with van der Waals surface area (Å²) >= 11 is 0. The van der Waals surface area contributed by atoms with Gasteiger partial charge in [0.15, 0.2) is 6.61 Å². The number of ether oxygens (including phenoxy) is 1. The van der Waals surface area contributed by atoms with E-state index >= 15 is 0 Å². The van der Waals surface area contributed by atoms with Crippen LogP contribution in [-0.2, 0) is 19.1 Å². The number of carbonyl (C=O) groups excluding carboxylic acids is 3. The van der Waals surface area contributed by atoms with Crippen LogP contribution in [0.5, 0.6) is 0 Å². The molecule has 0 spiro atoms. The molecule has 24 heavy (non-hydrogen) atoms. The average molecular weight is 335 g/mol. The molecule has 0 aromatic heterocycles. The highest BCUT2D eigenvalue weighted by Gasteiger charge is 2.50. The molecule has 1 saturated carbocycles. The summed E-state index contributed by atoms with van der Waals surface area (Å²) in [6.45, 7) is 7.20. The molecular weight excluding hydrogens is 310 g/mol. The molecule has 2 heterocycles. The number of hydrogen-bond acceptors (Lipinski definition) is 5. The number of nitrogens with one attached hydrogen (secondary N) is 1. The fourth-order valence-corrected chi connectivity index (χ4v) is 4.67. The first kappa shape index (κ1) is 16.9. The van der Waals surface area contributed by atoms with Gasteiger partial charge in [0, 0.05) is 25.4 Å². The molecule has 2 amide bonds. The fraction of sp³-hybridized carbons (Fsp3) is 0.765. The van der Waals surface area contributed by atoms with E-state index in [2.05, 4.69) is 31.3 Å². The predicted octanol–water partition coefficient (Wildman–Crippen LogP) is 1.22. The van der Waals surface area contributed by atoms with Gasteiger partial charge in [-0.05, 0) is 30.1 Å². The van der Waals surface area contributed by atoms with Crippen molar-refractivity contribution in [2.75, 3.05) is 13.2 Å². The van der Waals surface area contributed by atoms with Crippen molar-refractivity contribution in [1.29, 1.82) is 0 Å². The second kappa shape index (κ2) is 5.86. The van der Waals surface area contributed by atoms with E-state index in [9.17, 15) is 14.4 Å². The molecule has 7 heteroatoms. The number of hydrogen-bond donors (Lipinski definition) is 1. The van der Waals surface area contributed by atoms with Crippen molar-refractivity contribution in [3.63, 3.8) is 0 Å². The van der Waals surface area contributed by atoms with Crippen molar-refractivity contribution < 1.29 is 19.1 Å². The highest BCUT2D eigenvalue weighted by molar-refractivity contribution is 6.37. The number of hydrazone groups is 1. The lowest BCUT2D eigenvalue weighted by Gasteiger charge is -2.39. The third-order valence-corrected chi connectivity index (χ3v) is 5.20. The zero-order chi connectivity index (χ0) is 17.5. The monoisotopic (exact) mass is 335 g/mol. The number of likely N-dealkylation sites (tertiary alicyclic amines) is 1. The molecule has 7 nitrogen and oxygen atoms in total. The van der Waals surface area contributed by atoms with Crippen LogP contribution in [0.3, 0.4) is 0 Å². The summed E-state index contributed by atoms with van der Waals surface area (Å²) in [5, 5.41) is 3.69. The number of fused-ring (bicyclic) bond motifs is 2. The van der Waals surface area contributed by atoms with E-state index in [0.717, 1.165) is 25.8 Å². The molecule has 1 saturated heterocycles. The SMILES string of the molecule is CC1(C)C[C@H]2C[C@@](C)(CN2C(=O)COC(=O)C2=NNC(=O)CC2)C1. The Hall–Kier alpha value is -1.92. The van der Waals surface area contributed by atoms with E-state index in [-0.39, 0.29) is 53.8 Å². The third kappa shape index (κ3) is 3.44. The van der Waals surface area contributed by atoms with Gasteiger partial charge < -0.3 is 9.64 Å². The van der Waals surface area contributed by atoms with Gasteiger partial charge in [-0.15, -0.1) is 0 Å². The quantitative estimate of drug-likeness (QED) is 0.786. The zero-order valence-electron chi connectivity index (χ0n) is 14.6. The molecule has 2 atom stereocenters. The van der Waals surface area contributed by atoms with E-state index in [1.54, 1.807) is 0 Å². The zero-order valence-corrected chi connectivity index (χ0v) is 14.6. The summed E-state index contributed by atoms with van der Waals surface area (Å²) < 4.78 is 5.11. The molecule has 2 aliphatic heterocycles. The van der Waals surface area contributed by atoms with Gasteiger partial charge in [0.25, 0.3) is 5.91 Å². The first-order valence-electron chi connectivity index (χ1n) is 8.50. The van der Waals surface area contributed by atoms with Gasteiger partial charge in [-0.25, -0.2) is 10.2 Å². The Morgan fingerprint density at radius 1 is 1.29 bits per heavy atom. The molecule has 1 N–H and O–H groups in total. The molecule has 2 fully saturated rings. The average Bonchev–Trinajstić information content (AvgIpc) is 2.74. The van der Waals surface area contributed by atoms with Gasteiger partial charge >= 0.3 is 5.97 Å². The van der Waals surface area contributed by atoms with Crippen LogP contribution in [0, 0.1) is 10.8 Å². The number of esters is 1. The van der Waals surface area contributed by atoms with Gasteiger partial charge in [-0.3, -0.25) is 9.59 Å². The van der Waals surface area contributed by atoms with Crippen LogP contribution in [0.1, 0.15) is 52.9 Å². The van der Waals surface area contributed by atoms with Crippen LogP contribution in [-0.4, -0.2) is 47.6 Å². The van der Waals surface area contributed by atoms with Crippen molar-refractivity contribution in [2.24, 2.45) is 15.9 Å². The number of amides is 2. The van der Waals surface area contributed by atoms with Crippen LogP contribution < -0.4 is 5.43 Å². The van der Waals surface area contributed by atoms with E-state index in [4.69, 9.17) is 4.74 Å². The molecule has 0 aromatic rings. The summed E-state index contributed by atoms with van der Waals surface area (Å²) in [7, 11) is 0. The van der Waals surface area contributed by atoms with Crippen molar-refractivity contribution in [3.8, 4) is 0 Å². The van der Waals surface area contributed by atoms with E-state index in [0.29, 0.717) is 0 Å². The Bertz CT molecular complexity index is 613. The lowest BCUT2D eigenvalue weighted by molar-refractivity contribution is -0.147. The molecule has 3 rings (SSSR count). The van der Waals surface area contributed by atoms with Gasteiger partial charge in [0.2, 0.25) is 5.91 Å². The standard InChI is InChI=1S/C17H25N3O4/c1-16(2)6-11-7-17(3,9-16)10-20(11)14(22)8-24-15(23)12-4-5-13(21)19-18-12/h11H,4-10H2,1-3H3,(H,19,21)/t11-,17+/m0/s1. The van der Waals surface area contributed by atoms with Crippen molar-refractivity contribution in [3.05, 3.63) is 0 Å². The Morgan fingerprint density at radius 2 is 2.04 bits per heavy atom. The molecular formula is C17H25N3O4. The Morgan fingerprint density at radius 3 is 2.71 bits per heavy atom. The minimum absolute atomic E-state index is 0.143. The number of rotatable bonds is 3. The first-order chi connectivity index (χ1) is 11.2. The van der Waals surface area contributed by atoms with E-state index < -0.39 is 5.97 Å². The normalized spacial score (nSPS) is 31.3. The maximum atomic E-state index is 12.5. The topological polar surface area (TPSA) is 88.1 Å². The van der Waals surface area contributed by atoms with Crippen LogP contribution in [0.2, 0.25) is 0 Å². The highest BCUT2D eigenvalue weighted by atomic mass is 16.5. The molecule has 2 bridgehead atoms.